The zero-order valence-electron chi connectivity index (χ0n) is 10.1. The second-order valence-electron chi connectivity index (χ2n) is 4.55. The number of sulfonamides is 1. The molecule has 0 spiro atoms. The van der Waals surface area contributed by atoms with Gasteiger partial charge in [0.1, 0.15) is 5.82 Å². The van der Waals surface area contributed by atoms with Crippen molar-refractivity contribution in [3.05, 3.63) is 29.6 Å². The minimum Gasteiger partial charge on any atom is -0.478 e. The predicted molar refractivity (Wildman–Crippen MR) is 68.2 cm³/mol. The Morgan fingerprint density at radius 1 is 1.32 bits per heavy atom. The number of carboxylic acids is 1. The van der Waals surface area contributed by atoms with Crippen molar-refractivity contribution in [1.29, 1.82) is 0 Å². The summed E-state index contributed by atoms with van der Waals surface area (Å²) in [6.07, 6.45) is 2.94. The van der Waals surface area contributed by atoms with E-state index in [1.807, 2.05) is 0 Å². The van der Waals surface area contributed by atoms with Gasteiger partial charge in [-0.1, -0.05) is 12.8 Å². The summed E-state index contributed by atoms with van der Waals surface area (Å²) < 4.78 is 39.6. The maximum absolute atomic E-state index is 13.2. The molecule has 0 amide bonds. The molecule has 1 aliphatic rings. The minimum absolute atomic E-state index is 0.0747. The molecule has 5 nitrogen and oxygen atoms in total. The zero-order valence-corrected chi connectivity index (χ0v) is 10.9. The van der Waals surface area contributed by atoms with Gasteiger partial charge in [-0.15, -0.1) is 0 Å². The molecule has 1 aromatic rings. The van der Waals surface area contributed by atoms with Crippen molar-refractivity contribution in [2.24, 2.45) is 0 Å². The van der Waals surface area contributed by atoms with Crippen molar-refractivity contribution >= 4 is 21.7 Å². The quantitative estimate of drug-likeness (QED) is 0.889. The molecule has 19 heavy (non-hydrogen) atoms. The summed E-state index contributed by atoms with van der Waals surface area (Å²) in [5, 5.41) is 8.33. The van der Waals surface area contributed by atoms with Crippen LogP contribution in [0.1, 0.15) is 36.0 Å². The van der Waals surface area contributed by atoms with E-state index < -0.39 is 32.6 Å². The normalized spacial score (nSPS) is 16.5. The number of benzene rings is 1. The summed E-state index contributed by atoms with van der Waals surface area (Å²) in [6, 6.07) is 3.15. The Morgan fingerprint density at radius 2 is 1.95 bits per heavy atom. The fraction of sp³-hybridized carbons (Fsp3) is 0.417. The smallest absolute Gasteiger partial charge is 0.338 e. The standard InChI is InChI=1S/C12H14FNO4S/c13-11-6-5-8(7-10(11)12(15)16)14-19(17,18)9-3-1-2-4-9/h5-7,9,14H,1-4H2,(H,15,16). The van der Waals surface area contributed by atoms with Gasteiger partial charge in [-0.3, -0.25) is 4.72 Å². The average molecular weight is 287 g/mol. The SMILES string of the molecule is O=C(O)c1cc(NS(=O)(=O)C2CCCC2)ccc1F. The van der Waals surface area contributed by atoms with Crippen LogP contribution >= 0.6 is 0 Å². The van der Waals surface area contributed by atoms with Gasteiger partial charge >= 0.3 is 5.97 Å². The van der Waals surface area contributed by atoms with Crippen molar-refractivity contribution in [1.82, 2.24) is 0 Å². The first-order valence-electron chi connectivity index (χ1n) is 5.94. The molecule has 0 aromatic heterocycles. The van der Waals surface area contributed by atoms with E-state index >= 15 is 0 Å². The van der Waals surface area contributed by atoms with Crippen LogP contribution in [0.4, 0.5) is 10.1 Å². The number of carbonyl (C=O) groups is 1. The van der Waals surface area contributed by atoms with E-state index in [4.69, 9.17) is 5.11 Å². The first-order valence-corrected chi connectivity index (χ1v) is 7.49. The van der Waals surface area contributed by atoms with Crippen LogP contribution in [0, 0.1) is 5.82 Å². The monoisotopic (exact) mass is 287 g/mol. The Kier molecular flexibility index (Phi) is 3.75. The van der Waals surface area contributed by atoms with Gasteiger partial charge in [0.15, 0.2) is 0 Å². The molecule has 2 rings (SSSR count). The highest BCUT2D eigenvalue weighted by atomic mass is 32.2. The molecule has 0 unspecified atom stereocenters. The third-order valence-corrected chi connectivity index (χ3v) is 5.07. The number of rotatable bonds is 4. The largest absolute Gasteiger partial charge is 0.478 e. The molecule has 1 fully saturated rings. The third kappa shape index (κ3) is 3.04. The van der Waals surface area contributed by atoms with Crippen molar-refractivity contribution < 1.29 is 22.7 Å². The van der Waals surface area contributed by atoms with Gasteiger partial charge in [-0.2, -0.15) is 0 Å². The maximum atomic E-state index is 13.2. The van der Waals surface area contributed by atoms with Crippen molar-refractivity contribution in [3.63, 3.8) is 0 Å². The molecule has 1 aliphatic carbocycles. The van der Waals surface area contributed by atoms with Crippen LogP contribution in [0.5, 0.6) is 0 Å². The van der Waals surface area contributed by atoms with Crippen molar-refractivity contribution in [2.75, 3.05) is 4.72 Å². The highest BCUT2D eigenvalue weighted by Crippen LogP contribution is 2.26. The Labute approximate surface area is 110 Å². The molecule has 2 N–H and O–H groups in total. The molecule has 0 bridgehead atoms. The molecular weight excluding hydrogens is 273 g/mol. The summed E-state index contributed by atoms with van der Waals surface area (Å²) in [4.78, 5) is 10.8. The number of aromatic carboxylic acids is 1. The molecule has 0 saturated heterocycles. The van der Waals surface area contributed by atoms with Crippen LogP contribution in [0.2, 0.25) is 0 Å². The molecule has 0 atom stereocenters. The number of hydrogen-bond donors (Lipinski definition) is 2. The summed E-state index contributed by atoms with van der Waals surface area (Å²) in [5.41, 5.74) is -0.475. The van der Waals surface area contributed by atoms with E-state index in [1.165, 1.54) is 6.07 Å². The number of anilines is 1. The molecule has 1 saturated carbocycles. The fourth-order valence-electron chi connectivity index (χ4n) is 2.20. The van der Waals surface area contributed by atoms with E-state index in [9.17, 15) is 17.6 Å². The van der Waals surface area contributed by atoms with Gasteiger partial charge in [-0.05, 0) is 31.0 Å². The second kappa shape index (κ2) is 5.16. The number of hydrogen-bond acceptors (Lipinski definition) is 3. The van der Waals surface area contributed by atoms with Gasteiger partial charge in [0.2, 0.25) is 10.0 Å². The van der Waals surface area contributed by atoms with E-state index in [0.717, 1.165) is 25.0 Å². The topological polar surface area (TPSA) is 83.5 Å². The van der Waals surface area contributed by atoms with Gasteiger partial charge in [-0.25, -0.2) is 17.6 Å². The summed E-state index contributed by atoms with van der Waals surface area (Å²) in [6.45, 7) is 0. The number of halogens is 1. The molecule has 0 heterocycles. The Morgan fingerprint density at radius 3 is 2.53 bits per heavy atom. The van der Waals surface area contributed by atoms with Crippen LogP contribution < -0.4 is 4.72 Å². The van der Waals surface area contributed by atoms with Crippen LogP contribution in [-0.4, -0.2) is 24.7 Å². The maximum Gasteiger partial charge on any atom is 0.338 e. The second-order valence-corrected chi connectivity index (χ2v) is 6.51. The molecule has 7 heteroatoms. The van der Waals surface area contributed by atoms with Crippen LogP contribution in [-0.2, 0) is 10.0 Å². The Balaban J connectivity index is 2.23. The fourth-order valence-corrected chi connectivity index (χ4v) is 3.78. The molecule has 0 radical (unpaired) electrons. The Hall–Kier alpha value is -1.63. The molecular formula is C12H14FNO4S. The van der Waals surface area contributed by atoms with Crippen LogP contribution in [0.25, 0.3) is 0 Å². The lowest BCUT2D eigenvalue weighted by Gasteiger charge is -2.13. The number of carboxylic acid groups (broad SMARTS) is 1. The summed E-state index contributed by atoms with van der Waals surface area (Å²) in [7, 11) is -3.53. The van der Waals surface area contributed by atoms with E-state index in [1.54, 1.807) is 0 Å². The molecule has 0 aliphatic heterocycles. The highest BCUT2D eigenvalue weighted by molar-refractivity contribution is 7.93. The minimum atomic E-state index is -3.53. The highest BCUT2D eigenvalue weighted by Gasteiger charge is 2.28. The van der Waals surface area contributed by atoms with Crippen LogP contribution in [0.15, 0.2) is 18.2 Å². The number of nitrogens with one attached hydrogen (secondary N) is 1. The van der Waals surface area contributed by atoms with Gasteiger partial charge in [0.05, 0.1) is 10.8 Å². The predicted octanol–water partition coefficient (Wildman–Crippen LogP) is 2.21. The van der Waals surface area contributed by atoms with E-state index in [0.29, 0.717) is 12.8 Å². The van der Waals surface area contributed by atoms with E-state index in [-0.39, 0.29) is 5.69 Å². The molecule has 1 aromatic carbocycles. The van der Waals surface area contributed by atoms with Gasteiger partial charge < -0.3 is 5.11 Å². The van der Waals surface area contributed by atoms with Gasteiger partial charge in [0, 0.05) is 5.69 Å². The van der Waals surface area contributed by atoms with E-state index in [2.05, 4.69) is 4.72 Å². The average Bonchev–Trinajstić information content (AvgIpc) is 2.85. The molecule has 104 valence electrons. The lowest BCUT2D eigenvalue weighted by Crippen LogP contribution is -2.25. The van der Waals surface area contributed by atoms with Crippen LogP contribution in [0.3, 0.4) is 0 Å². The Bertz CT molecular complexity index is 594. The zero-order chi connectivity index (χ0) is 14.0. The first-order chi connectivity index (χ1) is 8.90. The third-order valence-electron chi connectivity index (χ3n) is 3.20. The van der Waals surface area contributed by atoms with Crippen molar-refractivity contribution in [2.45, 2.75) is 30.9 Å². The van der Waals surface area contributed by atoms with Crippen molar-refractivity contribution in [3.8, 4) is 0 Å². The first kappa shape index (κ1) is 13.8. The lowest BCUT2D eigenvalue weighted by atomic mass is 10.2. The summed E-state index contributed by atoms with van der Waals surface area (Å²) in [5.74, 6) is -2.32. The lowest BCUT2D eigenvalue weighted by molar-refractivity contribution is 0.0692. The summed E-state index contributed by atoms with van der Waals surface area (Å²) >= 11 is 0. The van der Waals surface area contributed by atoms with Gasteiger partial charge in [0.25, 0.3) is 0 Å².